The summed E-state index contributed by atoms with van der Waals surface area (Å²) in [4.78, 5) is 11.5. The van der Waals surface area contributed by atoms with Crippen LogP contribution >= 0.6 is 0 Å². The van der Waals surface area contributed by atoms with E-state index in [4.69, 9.17) is 10.9 Å². The molecule has 1 aromatic rings. The van der Waals surface area contributed by atoms with Gasteiger partial charge in [0.05, 0.1) is 0 Å². The number of halogens is 1. The van der Waals surface area contributed by atoms with Gasteiger partial charge in [-0.3, -0.25) is 4.79 Å². The molecule has 0 atom stereocenters. The molecule has 0 radical (unpaired) electrons. The van der Waals surface area contributed by atoms with Crippen molar-refractivity contribution in [2.75, 3.05) is 0 Å². The molecule has 1 amide bonds. The Bertz CT molecular complexity index is 489. The Hall–Kier alpha value is -2.11. The van der Waals surface area contributed by atoms with Gasteiger partial charge in [0.1, 0.15) is 5.82 Å². The predicted molar refractivity (Wildman–Crippen MR) is 74.9 cm³/mol. The fourth-order valence-corrected chi connectivity index (χ4v) is 1.73. The van der Waals surface area contributed by atoms with Crippen molar-refractivity contribution in [3.63, 3.8) is 0 Å². The second kappa shape index (κ2) is 8.14. The van der Waals surface area contributed by atoms with Crippen LogP contribution in [0.1, 0.15) is 43.7 Å². The van der Waals surface area contributed by atoms with Gasteiger partial charge in [0.2, 0.25) is 5.91 Å². The summed E-state index contributed by atoms with van der Waals surface area (Å²) in [7, 11) is 0. The lowest BCUT2D eigenvalue weighted by Gasteiger charge is -2.07. The van der Waals surface area contributed by atoms with Gasteiger partial charge in [0.25, 0.3) is 0 Å². The zero-order valence-electron chi connectivity index (χ0n) is 11.5. The van der Waals surface area contributed by atoms with Crippen molar-refractivity contribution in [1.82, 2.24) is 5.32 Å². The summed E-state index contributed by atoms with van der Waals surface area (Å²) in [6, 6.07) is 4.22. The van der Waals surface area contributed by atoms with E-state index in [1.54, 1.807) is 0 Å². The number of nitrogens with zero attached hydrogens (tertiary/aromatic N) is 1. The highest BCUT2D eigenvalue weighted by Crippen LogP contribution is 2.10. The average Bonchev–Trinajstić information content (AvgIpc) is 2.45. The van der Waals surface area contributed by atoms with Crippen LogP contribution in [-0.2, 0) is 11.3 Å². The minimum absolute atomic E-state index is 0.0849. The molecule has 0 aliphatic rings. The number of nitrogens with two attached hydrogens (primary N) is 1. The molecule has 0 unspecified atom stereocenters. The molecule has 1 rings (SSSR count). The van der Waals surface area contributed by atoms with Crippen LogP contribution in [0.25, 0.3) is 0 Å². The Balaban J connectivity index is 2.54. The number of oxime groups is 1. The van der Waals surface area contributed by atoms with Gasteiger partial charge in [-0.05, 0) is 12.5 Å². The number of benzene rings is 1. The van der Waals surface area contributed by atoms with E-state index < -0.39 is 5.82 Å². The fourth-order valence-electron chi connectivity index (χ4n) is 1.73. The number of hydrogen-bond acceptors (Lipinski definition) is 3. The van der Waals surface area contributed by atoms with Crippen molar-refractivity contribution < 1.29 is 14.4 Å². The van der Waals surface area contributed by atoms with Crippen LogP contribution in [0.15, 0.2) is 23.4 Å². The maximum atomic E-state index is 13.8. The van der Waals surface area contributed by atoms with E-state index in [2.05, 4.69) is 17.4 Å². The standard InChI is InChI=1S/C14H20FN3O2/c1-2-3-4-5-13(19)17-9-11-7-6-10(8-12(11)15)14(16)18-20/h6-8,20H,2-5,9H2,1H3,(H2,16,18)(H,17,19). The van der Waals surface area contributed by atoms with E-state index in [0.717, 1.165) is 19.3 Å². The summed E-state index contributed by atoms with van der Waals surface area (Å²) >= 11 is 0. The summed E-state index contributed by atoms with van der Waals surface area (Å²) in [6.45, 7) is 2.20. The topological polar surface area (TPSA) is 87.7 Å². The molecule has 0 aromatic heterocycles. The molecule has 4 N–H and O–H groups in total. The van der Waals surface area contributed by atoms with Crippen LogP contribution < -0.4 is 11.1 Å². The van der Waals surface area contributed by atoms with Gasteiger partial charge in [-0.2, -0.15) is 0 Å². The number of amides is 1. The number of carbonyl (C=O) groups is 1. The third-order valence-electron chi connectivity index (χ3n) is 2.94. The third kappa shape index (κ3) is 4.87. The molecule has 5 nitrogen and oxygen atoms in total. The number of nitrogens with one attached hydrogen (secondary N) is 1. The van der Waals surface area contributed by atoms with Crippen LogP contribution in [0, 0.1) is 5.82 Å². The molecule has 1 aromatic carbocycles. The lowest BCUT2D eigenvalue weighted by Crippen LogP contribution is -2.23. The van der Waals surface area contributed by atoms with E-state index in [9.17, 15) is 9.18 Å². The average molecular weight is 281 g/mol. The number of amidine groups is 1. The summed E-state index contributed by atoms with van der Waals surface area (Å²) < 4.78 is 13.8. The van der Waals surface area contributed by atoms with Gasteiger partial charge >= 0.3 is 0 Å². The van der Waals surface area contributed by atoms with Crippen LogP contribution in [-0.4, -0.2) is 17.0 Å². The van der Waals surface area contributed by atoms with Crippen LogP contribution in [0.3, 0.4) is 0 Å². The van der Waals surface area contributed by atoms with Crippen LogP contribution in [0.2, 0.25) is 0 Å². The third-order valence-corrected chi connectivity index (χ3v) is 2.94. The molecule has 0 aliphatic carbocycles. The first-order valence-corrected chi connectivity index (χ1v) is 6.61. The minimum Gasteiger partial charge on any atom is -0.409 e. The predicted octanol–water partition coefficient (Wildman–Crippen LogP) is 2.12. The summed E-state index contributed by atoms with van der Waals surface area (Å²) in [5.41, 5.74) is 6.03. The highest BCUT2D eigenvalue weighted by atomic mass is 19.1. The Morgan fingerprint density at radius 3 is 2.80 bits per heavy atom. The zero-order chi connectivity index (χ0) is 15.0. The first-order valence-electron chi connectivity index (χ1n) is 6.61. The smallest absolute Gasteiger partial charge is 0.220 e. The molecule has 0 saturated carbocycles. The molecule has 0 fully saturated rings. The second-order valence-corrected chi connectivity index (χ2v) is 4.53. The van der Waals surface area contributed by atoms with E-state index in [-0.39, 0.29) is 18.3 Å². The van der Waals surface area contributed by atoms with Gasteiger partial charge in [0, 0.05) is 24.1 Å². The van der Waals surface area contributed by atoms with Gasteiger partial charge in [-0.25, -0.2) is 4.39 Å². The molecule has 0 bridgehead atoms. The normalized spacial score (nSPS) is 11.4. The largest absolute Gasteiger partial charge is 0.409 e. The molecule has 0 heterocycles. The molecular weight excluding hydrogens is 261 g/mol. The molecule has 0 spiro atoms. The van der Waals surface area contributed by atoms with Gasteiger partial charge in [-0.1, -0.05) is 37.1 Å². The molecule has 110 valence electrons. The Kier molecular flexibility index (Phi) is 6.49. The first kappa shape index (κ1) is 15.9. The van der Waals surface area contributed by atoms with Crippen molar-refractivity contribution >= 4 is 11.7 Å². The number of carbonyl (C=O) groups excluding carboxylic acids is 1. The van der Waals surface area contributed by atoms with Gasteiger partial charge in [0.15, 0.2) is 5.84 Å². The highest BCUT2D eigenvalue weighted by molar-refractivity contribution is 5.97. The van der Waals surface area contributed by atoms with E-state index in [1.165, 1.54) is 18.2 Å². The summed E-state index contributed by atoms with van der Waals surface area (Å²) in [5, 5.41) is 14.0. The SMILES string of the molecule is CCCCCC(=O)NCc1ccc(C(N)=NO)cc1F. The quantitative estimate of drug-likeness (QED) is 0.235. The monoisotopic (exact) mass is 281 g/mol. The fraction of sp³-hybridized carbons (Fsp3) is 0.429. The van der Waals surface area contributed by atoms with Crippen LogP contribution in [0.4, 0.5) is 4.39 Å². The Morgan fingerprint density at radius 2 is 2.20 bits per heavy atom. The van der Waals surface area contributed by atoms with Crippen molar-refractivity contribution in [3.05, 3.63) is 35.1 Å². The van der Waals surface area contributed by atoms with Crippen LogP contribution in [0.5, 0.6) is 0 Å². The number of unbranched alkanes of at least 4 members (excludes halogenated alkanes) is 2. The second-order valence-electron chi connectivity index (χ2n) is 4.53. The van der Waals surface area contributed by atoms with Crippen molar-refractivity contribution in [2.45, 2.75) is 39.2 Å². The van der Waals surface area contributed by atoms with Gasteiger partial charge < -0.3 is 16.3 Å². The lowest BCUT2D eigenvalue weighted by molar-refractivity contribution is -0.121. The molecule has 0 saturated heterocycles. The van der Waals surface area contributed by atoms with E-state index in [1.807, 2.05) is 0 Å². The Morgan fingerprint density at radius 1 is 1.45 bits per heavy atom. The van der Waals surface area contributed by atoms with Crippen molar-refractivity contribution in [2.24, 2.45) is 10.9 Å². The minimum atomic E-state index is -0.497. The zero-order valence-corrected chi connectivity index (χ0v) is 11.5. The van der Waals surface area contributed by atoms with Crippen molar-refractivity contribution in [3.8, 4) is 0 Å². The summed E-state index contributed by atoms with van der Waals surface area (Å²) in [6.07, 6.45) is 3.36. The van der Waals surface area contributed by atoms with Gasteiger partial charge in [-0.15, -0.1) is 0 Å². The molecule has 20 heavy (non-hydrogen) atoms. The number of hydrogen-bond donors (Lipinski definition) is 3. The molecule has 0 aliphatic heterocycles. The van der Waals surface area contributed by atoms with E-state index >= 15 is 0 Å². The highest BCUT2D eigenvalue weighted by Gasteiger charge is 2.08. The molecular formula is C14H20FN3O2. The van der Waals surface area contributed by atoms with Crippen molar-refractivity contribution in [1.29, 1.82) is 0 Å². The number of rotatable bonds is 7. The maximum absolute atomic E-state index is 13.8. The summed E-state index contributed by atoms with van der Waals surface area (Å²) in [5.74, 6) is -0.736. The van der Waals surface area contributed by atoms with E-state index in [0.29, 0.717) is 17.5 Å². The first-order chi connectivity index (χ1) is 9.58. The maximum Gasteiger partial charge on any atom is 0.220 e. The molecule has 6 heteroatoms. The Labute approximate surface area is 117 Å². The lowest BCUT2D eigenvalue weighted by atomic mass is 10.1.